The lowest BCUT2D eigenvalue weighted by atomic mass is 9.48. The fourth-order valence-corrected chi connectivity index (χ4v) is 3.80. The second-order valence-corrected chi connectivity index (χ2v) is 6.96. The summed E-state index contributed by atoms with van der Waals surface area (Å²) in [5.74, 6) is 2.51. The fourth-order valence-electron chi connectivity index (χ4n) is 3.80. The van der Waals surface area contributed by atoms with Gasteiger partial charge in [0.25, 0.3) is 0 Å². The van der Waals surface area contributed by atoms with Crippen molar-refractivity contribution in [3.8, 4) is 5.75 Å². The van der Waals surface area contributed by atoms with Crippen LogP contribution in [-0.2, 0) is 0 Å². The van der Waals surface area contributed by atoms with Crippen molar-refractivity contribution in [1.82, 2.24) is 0 Å². The Kier molecular flexibility index (Phi) is 3.27. The molecule has 1 aromatic carbocycles. The van der Waals surface area contributed by atoms with E-state index in [1.54, 1.807) is 5.57 Å². The first-order chi connectivity index (χ1) is 9.48. The summed E-state index contributed by atoms with van der Waals surface area (Å²) in [6.45, 7) is 7.63. The number of benzene rings is 1. The van der Waals surface area contributed by atoms with Crippen LogP contribution in [0.25, 0.3) is 0 Å². The Morgan fingerprint density at radius 2 is 2.15 bits per heavy atom. The Hall–Kier alpha value is -1.44. The van der Waals surface area contributed by atoms with Gasteiger partial charge in [-0.3, -0.25) is 0 Å². The molecule has 2 nitrogen and oxygen atoms in total. The van der Waals surface area contributed by atoms with Crippen molar-refractivity contribution in [2.45, 2.75) is 40.0 Å². The minimum atomic E-state index is 0.506. The summed E-state index contributed by atoms with van der Waals surface area (Å²) in [7, 11) is 0. The number of rotatable bonds is 4. The molecule has 2 bridgehead atoms. The van der Waals surface area contributed by atoms with Crippen molar-refractivity contribution in [1.29, 1.82) is 0 Å². The predicted octanol–water partition coefficient (Wildman–Crippen LogP) is 4.34. The SMILES string of the molecule is Cc1ccc(N)c(OCCC2=CCC3CC2C3(C)C)c1. The van der Waals surface area contributed by atoms with E-state index in [-0.39, 0.29) is 0 Å². The van der Waals surface area contributed by atoms with Crippen LogP contribution in [0.3, 0.4) is 0 Å². The molecule has 2 heteroatoms. The van der Waals surface area contributed by atoms with Gasteiger partial charge in [0.1, 0.15) is 5.75 Å². The molecule has 0 aromatic heterocycles. The molecule has 1 aromatic rings. The van der Waals surface area contributed by atoms with E-state index in [1.165, 1.54) is 18.4 Å². The van der Waals surface area contributed by atoms with Gasteiger partial charge in [-0.25, -0.2) is 0 Å². The number of hydrogen-bond acceptors (Lipinski definition) is 2. The maximum Gasteiger partial charge on any atom is 0.142 e. The van der Waals surface area contributed by atoms with E-state index in [4.69, 9.17) is 10.5 Å². The van der Waals surface area contributed by atoms with Crippen LogP contribution in [0.1, 0.15) is 38.7 Å². The van der Waals surface area contributed by atoms with E-state index < -0.39 is 0 Å². The average Bonchev–Trinajstić information content (AvgIpc) is 2.42. The lowest BCUT2D eigenvalue weighted by Crippen LogP contribution is -2.48. The van der Waals surface area contributed by atoms with Crippen molar-refractivity contribution in [3.05, 3.63) is 35.4 Å². The van der Waals surface area contributed by atoms with Crippen molar-refractivity contribution in [2.24, 2.45) is 17.3 Å². The molecular formula is C18H25NO. The molecule has 108 valence electrons. The van der Waals surface area contributed by atoms with Crippen LogP contribution in [-0.4, -0.2) is 6.61 Å². The summed E-state index contributed by atoms with van der Waals surface area (Å²) in [4.78, 5) is 0. The van der Waals surface area contributed by atoms with Crippen molar-refractivity contribution < 1.29 is 4.74 Å². The van der Waals surface area contributed by atoms with Gasteiger partial charge in [-0.05, 0) is 54.7 Å². The Morgan fingerprint density at radius 1 is 1.35 bits per heavy atom. The van der Waals surface area contributed by atoms with Crippen LogP contribution in [0, 0.1) is 24.2 Å². The molecule has 1 fully saturated rings. The number of nitrogen functional groups attached to an aromatic ring is 1. The number of allylic oxidation sites excluding steroid dienone is 1. The molecule has 4 rings (SSSR count). The Labute approximate surface area is 122 Å². The van der Waals surface area contributed by atoms with Crippen LogP contribution in [0.5, 0.6) is 5.75 Å². The molecular weight excluding hydrogens is 246 g/mol. The van der Waals surface area contributed by atoms with Gasteiger partial charge in [0.2, 0.25) is 0 Å². The van der Waals surface area contributed by atoms with Crippen molar-refractivity contribution >= 4 is 5.69 Å². The molecule has 1 saturated carbocycles. The first-order valence-electron chi connectivity index (χ1n) is 7.66. The summed E-state index contributed by atoms with van der Waals surface area (Å²) < 4.78 is 5.89. The second-order valence-electron chi connectivity index (χ2n) is 6.96. The second kappa shape index (κ2) is 4.83. The van der Waals surface area contributed by atoms with Gasteiger partial charge in [0.15, 0.2) is 0 Å². The maximum atomic E-state index is 5.95. The summed E-state index contributed by atoms with van der Waals surface area (Å²) in [6, 6.07) is 5.96. The molecule has 0 heterocycles. The van der Waals surface area contributed by atoms with Gasteiger partial charge >= 0.3 is 0 Å². The van der Waals surface area contributed by atoms with Gasteiger partial charge in [0.05, 0.1) is 12.3 Å². The number of aryl methyl sites for hydroxylation is 1. The molecule has 0 radical (unpaired) electrons. The minimum Gasteiger partial charge on any atom is -0.491 e. The molecule has 2 atom stereocenters. The highest BCUT2D eigenvalue weighted by molar-refractivity contribution is 5.53. The van der Waals surface area contributed by atoms with E-state index in [2.05, 4.69) is 26.8 Å². The van der Waals surface area contributed by atoms with Gasteiger partial charge in [0, 0.05) is 6.42 Å². The molecule has 0 saturated heterocycles. The molecule has 2 N–H and O–H groups in total. The van der Waals surface area contributed by atoms with Crippen molar-refractivity contribution in [3.63, 3.8) is 0 Å². The van der Waals surface area contributed by atoms with Gasteiger partial charge in [-0.15, -0.1) is 0 Å². The number of hydrogen-bond donors (Lipinski definition) is 1. The van der Waals surface area contributed by atoms with Crippen LogP contribution >= 0.6 is 0 Å². The zero-order chi connectivity index (χ0) is 14.3. The van der Waals surface area contributed by atoms with E-state index in [1.807, 2.05) is 18.2 Å². The number of nitrogens with two attached hydrogens (primary N) is 1. The van der Waals surface area contributed by atoms with Crippen molar-refractivity contribution in [2.75, 3.05) is 12.3 Å². The summed E-state index contributed by atoms with van der Waals surface area (Å²) in [6.07, 6.45) is 6.12. The maximum absolute atomic E-state index is 5.95. The number of fused-ring (bicyclic) bond motifs is 1. The highest BCUT2D eigenvalue weighted by Gasteiger charge is 2.50. The zero-order valence-corrected chi connectivity index (χ0v) is 12.8. The van der Waals surface area contributed by atoms with E-state index in [9.17, 15) is 0 Å². The van der Waals surface area contributed by atoms with Crippen LogP contribution < -0.4 is 10.5 Å². The number of ether oxygens (including phenoxy) is 1. The molecule has 3 aliphatic rings. The summed E-state index contributed by atoms with van der Waals surface area (Å²) in [5.41, 5.74) is 9.98. The van der Waals surface area contributed by atoms with Crippen LogP contribution in [0.4, 0.5) is 5.69 Å². The first-order valence-corrected chi connectivity index (χ1v) is 7.66. The third-order valence-electron chi connectivity index (χ3n) is 5.40. The highest BCUT2D eigenvalue weighted by Crippen LogP contribution is 2.59. The van der Waals surface area contributed by atoms with Gasteiger partial charge in [-0.1, -0.05) is 31.6 Å². The molecule has 0 aliphatic heterocycles. The Bertz CT molecular complexity index is 544. The molecule has 3 aliphatic carbocycles. The smallest absolute Gasteiger partial charge is 0.142 e. The summed E-state index contributed by atoms with van der Waals surface area (Å²) >= 11 is 0. The lowest BCUT2D eigenvalue weighted by molar-refractivity contribution is -0.00916. The van der Waals surface area contributed by atoms with E-state index in [0.29, 0.717) is 5.41 Å². The minimum absolute atomic E-state index is 0.506. The summed E-state index contributed by atoms with van der Waals surface area (Å²) in [5, 5.41) is 0. The monoisotopic (exact) mass is 271 g/mol. The van der Waals surface area contributed by atoms with Crippen LogP contribution in [0.15, 0.2) is 29.8 Å². The fraction of sp³-hybridized carbons (Fsp3) is 0.556. The van der Waals surface area contributed by atoms with E-state index >= 15 is 0 Å². The molecule has 20 heavy (non-hydrogen) atoms. The lowest BCUT2D eigenvalue weighted by Gasteiger charge is -2.56. The largest absolute Gasteiger partial charge is 0.491 e. The molecule has 0 spiro atoms. The number of anilines is 1. The zero-order valence-electron chi connectivity index (χ0n) is 12.8. The Balaban J connectivity index is 1.58. The normalized spacial score (nSPS) is 26.6. The van der Waals surface area contributed by atoms with E-state index in [0.717, 1.165) is 36.3 Å². The third-order valence-corrected chi connectivity index (χ3v) is 5.40. The Morgan fingerprint density at radius 3 is 2.85 bits per heavy atom. The third kappa shape index (κ3) is 2.21. The quantitative estimate of drug-likeness (QED) is 0.653. The highest BCUT2D eigenvalue weighted by atomic mass is 16.5. The van der Waals surface area contributed by atoms with Gasteiger partial charge < -0.3 is 10.5 Å². The van der Waals surface area contributed by atoms with Gasteiger partial charge in [-0.2, -0.15) is 0 Å². The van der Waals surface area contributed by atoms with Crippen LogP contribution in [0.2, 0.25) is 0 Å². The predicted molar refractivity (Wildman–Crippen MR) is 83.8 cm³/mol. The standard InChI is InChI=1S/C18H25NO/c1-12-4-7-16(19)17(10-12)20-9-8-13-5-6-14-11-15(13)18(14,2)3/h4-5,7,10,14-15H,6,8-9,11,19H2,1-3H3. The molecule has 2 unspecified atom stereocenters. The first kappa shape index (κ1) is 13.5. The average molecular weight is 271 g/mol. The topological polar surface area (TPSA) is 35.2 Å². The molecule has 0 amide bonds.